The molecule has 0 N–H and O–H groups in total. The smallest absolute Gasteiger partial charge is 0.254 e. The minimum atomic E-state index is -0.721. The lowest BCUT2D eigenvalue weighted by molar-refractivity contribution is -0.155. The largest absolute Gasteiger partial charge is 0.366 e. The van der Waals surface area contributed by atoms with Gasteiger partial charge >= 0.3 is 0 Å². The van der Waals surface area contributed by atoms with Crippen LogP contribution in [0.3, 0.4) is 0 Å². The van der Waals surface area contributed by atoms with Crippen molar-refractivity contribution in [3.63, 3.8) is 0 Å². The second-order valence-corrected chi connectivity index (χ2v) is 6.33. The van der Waals surface area contributed by atoms with Gasteiger partial charge in [0.2, 0.25) is 0 Å². The van der Waals surface area contributed by atoms with Crippen LogP contribution in [0.1, 0.15) is 39.4 Å². The Morgan fingerprint density at radius 3 is 2.90 bits per heavy atom. The van der Waals surface area contributed by atoms with Crippen molar-refractivity contribution in [2.24, 2.45) is 5.92 Å². The molecule has 0 aromatic carbocycles. The molecule has 1 fully saturated rings. The number of carbonyl (C=O) groups is 1. The summed E-state index contributed by atoms with van der Waals surface area (Å²) in [6.07, 6.45) is 6.07. The Morgan fingerprint density at radius 1 is 1.52 bits per heavy atom. The highest BCUT2D eigenvalue weighted by Gasteiger charge is 2.35. The lowest BCUT2D eigenvalue weighted by atomic mass is 9.96. The molecule has 0 aliphatic carbocycles. The van der Waals surface area contributed by atoms with Crippen molar-refractivity contribution in [1.29, 1.82) is 0 Å². The van der Waals surface area contributed by atoms with Gasteiger partial charge in [-0.15, -0.1) is 0 Å². The number of hydrogen-bond donors (Lipinski definition) is 0. The number of carbonyl (C=O) groups excluding carboxylic acids is 1. The molecule has 1 saturated heterocycles. The fourth-order valence-electron chi connectivity index (χ4n) is 3.08. The quantitative estimate of drug-likeness (QED) is 0.836. The molecule has 5 nitrogen and oxygen atoms in total. The molecular formula is C16H27N3O2. The molecule has 1 aliphatic rings. The van der Waals surface area contributed by atoms with E-state index >= 15 is 0 Å². The maximum absolute atomic E-state index is 12.6. The van der Waals surface area contributed by atoms with Crippen LogP contribution in [-0.4, -0.2) is 45.7 Å². The first kappa shape index (κ1) is 16.0. The van der Waals surface area contributed by atoms with E-state index in [0.29, 0.717) is 12.5 Å². The van der Waals surface area contributed by atoms with E-state index in [1.54, 1.807) is 0 Å². The normalized spacial score (nSPS) is 19.8. The number of piperidine rings is 1. The summed E-state index contributed by atoms with van der Waals surface area (Å²) in [4.78, 5) is 18.8. The van der Waals surface area contributed by atoms with Crippen molar-refractivity contribution in [1.82, 2.24) is 14.5 Å². The van der Waals surface area contributed by atoms with Crippen molar-refractivity contribution in [2.75, 3.05) is 19.7 Å². The van der Waals surface area contributed by atoms with Crippen molar-refractivity contribution in [2.45, 2.75) is 52.7 Å². The lowest BCUT2D eigenvalue weighted by Gasteiger charge is -2.37. The molecule has 21 heavy (non-hydrogen) atoms. The molecular weight excluding hydrogens is 266 g/mol. The van der Waals surface area contributed by atoms with Crippen LogP contribution in [-0.2, 0) is 16.1 Å². The molecule has 1 atom stereocenters. The van der Waals surface area contributed by atoms with Gasteiger partial charge in [-0.3, -0.25) is 4.79 Å². The molecule has 2 heterocycles. The Balaban J connectivity index is 1.97. The highest BCUT2D eigenvalue weighted by Crippen LogP contribution is 2.23. The summed E-state index contributed by atoms with van der Waals surface area (Å²) in [5.74, 6) is 1.64. The second kappa shape index (κ2) is 6.60. The van der Waals surface area contributed by atoms with E-state index in [-0.39, 0.29) is 5.91 Å². The second-order valence-electron chi connectivity index (χ2n) is 6.33. The number of aromatic nitrogens is 2. The minimum Gasteiger partial charge on any atom is -0.366 e. The summed E-state index contributed by atoms with van der Waals surface area (Å²) < 4.78 is 7.77. The lowest BCUT2D eigenvalue weighted by Crippen LogP contribution is -2.51. The van der Waals surface area contributed by atoms with Gasteiger partial charge in [0, 0.05) is 38.6 Å². The molecule has 1 aromatic heterocycles. The van der Waals surface area contributed by atoms with E-state index in [1.165, 1.54) is 0 Å². The summed E-state index contributed by atoms with van der Waals surface area (Å²) in [6, 6.07) is 0. The minimum absolute atomic E-state index is 0.108. The molecule has 0 bridgehead atoms. The zero-order valence-corrected chi connectivity index (χ0v) is 13.6. The van der Waals surface area contributed by atoms with Crippen LogP contribution in [0.4, 0.5) is 0 Å². The van der Waals surface area contributed by atoms with Crippen LogP contribution in [0, 0.1) is 12.8 Å². The van der Waals surface area contributed by atoms with Gasteiger partial charge in [0.25, 0.3) is 5.91 Å². The number of amides is 1. The summed E-state index contributed by atoms with van der Waals surface area (Å²) in [7, 11) is 0. The average Bonchev–Trinajstić information content (AvgIpc) is 2.84. The number of likely N-dealkylation sites (tertiary alicyclic amines) is 1. The van der Waals surface area contributed by atoms with Gasteiger partial charge in [0.1, 0.15) is 11.4 Å². The third kappa shape index (κ3) is 3.84. The van der Waals surface area contributed by atoms with E-state index in [1.807, 2.05) is 45.0 Å². The van der Waals surface area contributed by atoms with Gasteiger partial charge in [0.05, 0.1) is 0 Å². The van der Waals surface area contributed by atoms with Gasteiger partial charge in [-0.25, -0.2) is 4.98 Å². The van der Waals surface area contributed by atoms with Crippen LogP contribution in [0.2, 0.25) is 0 Å². The zero-order valence-electron chi connectivity index (χ0n) is 13.6. The van der Waals surface area contributed by atoms with Gasteiger partial charge in [-0.1, -0.05) is 0 Å². The third-order valence-corrected chi connectivity index (χ3v) is 4.20. The van der Waals surface area contributed by atoms with Crippen molar-refractivity contribution in [3.8, 4) is 0 Å². The molecule has 2 rings (SSSR count). The van der Waals surface area contributed by atoms with E-state index in [2.05, 4.69) is 9.55 Å². The SMILES string of the molecule is CCOC(C)(C)C(=O)N1CCCC(Cn2ccnc2C)C1. The maximum Gasteiger partial charge on any atom is 0.254 e. The summed E-state index contributed by atoms with van der Waals surface area (Å²) >= 11 is 0. The molecule has 1 aliphatic heterocycles. The van der Waals surface area contributed by atoms with E-state index in [9.17, 15) is 4.79 Å². The van der Waals surface area contributed by atoms with E-state index in [0.717, 1.165) is 38.3 Å². The predicted molar refractivity (Wildman–Crippen MR) is 82.0 cm³/mol. The highest BCUT2D eigenvalue weighted by atomic mass is 16.5. The molecule has 0 saturated carbocycles. The maximum atomic E-state index is 12.6. The van der Waals surface area contributed by atoms with Crippen molar-refractivity contribution >= 4 is 5.91 Å². The van der Waals surface area contributed by atoms with Crippen LogP contribution in [0.15, 0.2) is 12.4 Å². The first-order valence-corrected chi connectivity index (χ1v) is 7.85. The number of aryl methyl sites for hydroxylation is 1. The Hall–Kier alpha value is -1.36. The fourth-order valence-corrected chi connectivity index (χ4v) is 3.08. The number of hydrogen-bond acceptors (Lipinski definition) is 3. The topological polar surface area (TPSA) is 47.4 Å². The van der Waals surface area contributed by atoms with Gasteiger partial charge < -0.3 is 14.2 Å². The molecule has 0 spiro atoms. The summed E-state index contributed by atoms with van der Waals surface area (Å²) in [5.41, 5.74) is -0.721. The Bertz CT molecular complexity index is 482. The van der Waals surface area contributed by atoms with Gasteiger partial charge in [-0.05, 0) is 46.5 Å². The molecule has 118 valence electrons. The van der Waals surface area contributed by atoms with E-state index in [4.69, 9.17) is 4.74 Å². The first-order chi connectivity index (χ1) is 9.94. The monoisotopic (exact) mass is 293 g/mol. The number of imidazole rings is 1. The number of nitrogens with zero attached hydrogens (tertiary/aromatic N) is 3. The Kier molecular flexibility index (Phi) is 5.04. The Morgan fingerprint density at radius 2 is 2.29 bits per heavy atom. The Labute approximate surface area is 127 Å². The van der Waals surface area contributed by atoms with E-state index < -0.39 is 5.60 Å². The first-order valence-electron chi connectivity index (χ1n) is 7.85. The number of rotatable bonds is 5. The zero-order chi connectivity index (χ0) is 15.5. The summed E-state index contributed by atoms with van der Waals surface area (Å²) in [6.45, 7) is 10.8. The molecule has 1 unspecified atom stereocenters. The standard InChI is InChI=1S/C16H27N3O2/c1-5-21-16(3,4)15(20)19-9-6-7-14(12-19)11-18-10-8-17-13(18)2/h8,10,14H,5-7,9,11-12H2,1-4H3. The van der Waals surface area contributed by atoms with Gasteiger partial charge in [-0.2, -0.15) is 0 Å². The fraction of sp³-hybridized carbons (Fsp3) is 0.750. The molecule has 5 heteroatoms. The van der Waals surface area contributed by atoms with Crippen LogP contribution in [0.5, 0.6) is 0 Å². The van der Waals surface area contributed by atoms with Crippen molar-refractivity contribution < 1.29 is 9.53 Å². The molecule has 1 amide bonds. The van der Waals surface area contributed by atoms with Crippen LogP contribution >= 0.6 is 0 Å². The number of ether oxygens (including phenoxy) is 1. The summed E-state index contributed by atoms with van der Waals surface area (Å²) in [5, 5.41) is 0. The third-order valence-electron chi connectivity index (χ3n) is 4.20. The van der Waals surface area contributed by atoms with Gasteiger partial charge in [0.15, 0.2) is 0 Å². The predicted octanol–water partition coefficient (Wildman–Crippen LogP) is 2.25. The highest BCUT2D eigenvalue weighted by molar-refractivity contribution is 5.84. The molecule has 0 radical (unpaired) electrons. The molecule has 1 aromatic rings. The van der Waals surface area contributed by atoms with Crippen LogP contribution < -0.4 is 0 Å². The average molecular weight is 293 g/mol. The van der Waals surface area contributed by atoms with Crippen molar-refractivity contribution in [3.05, 3.63) is 18.2 Å². The van der Waals surface area contributed by atoms with Crippen LogP contribution in [0.25, 0.3) is 0 Å².